The van der Waals surface area contributed by atoms with E-state index in [2.05, 4.69) is 27.1 Å². The molecule has 3 aromatic rings. The molecule has 2 aliphatic heterocycles. The third-order valence-corrected chi connectivity index (χ3v) is 8.49. The molecule has 35 heavy (non-hydrogen) atoms. The Balaban J connectivity index is 1.34. The summed E-state index contributed by atoms with van der Waals surface area (Å²) in [5.41, 5.74) is 9.98. The third-order valence-electron chi connectivity index (χ3n) is 5.93. The Labute approximate surface area is 218 Å². The number of nitrogens with one attached hydrogen (secondary N) is 1. The van der Waals surface area contributed by atoms with Crippen LogP contribution < -0.4 is 16.0 Å². The quantitative estimate of drug-likeness (QED) is 0.477. The van der Waals surface area contributed by atoms with Gasteiger partial charge in [-0.25, -0.2) is 15.0 Å². The highest BCUT2D eigenvalue weighted by Gasteiger charge is 2.38. The number of rotatable bonds is 5. The van der Waals surface area contributed by atoms with E-state index in [1.165, 1.54) is 23.5 Å². The van der Waals surface area contributed by atoms with Crippen LogP contribution in [0.15, 0.2) is 52.8 Å². The maximum Gasteiger partial charge on any atom is 0.193 e. The minimum absolute atomic E-state index is 0.636. The Bertz CT molecular complexity index is 1280. The van der Waals surface area contributed by atoms with Crippen molar-refractivity contribution in [3.05, 3.63) is 70.5 Å². The van der Waals surface area contributed by atoms with Crippen LogP contribution in [0.25, 0.3) is 4.91 Å². The minimum Gasteiger partial charge on any atom is -0.359 e. The number of hydrogen-bond acceptors (Lipinski definition) is 10. The lowest BCUT2D eigenvalue weighted by Gasteiger charge is -2.33. The smallest absolute Gasteiger partial charge is 0.193 e. The zero-order valence-corrected chi connectivity index (χ0v) is 22.2. The second-order valence-electron chi connectivity index (χ2n) is 8.65. The van der Waals surface area contributed by atoms with E-state index in [1.54, 1.807) is 0 Å². The lowest BCUT2D eigenvalue weighted by atomic mass is 10.2. The van der Waals surface area contributed by atoms with E-state index < -0.39 is 4.99 Å². The first-order valence-corrected chi connectivity index (χ1v) is 13.3. The van der Waals surface area contributed by atoms with Gasteiger partial charge in [0, 0.05) is 43.0 Å². The minimum atomic E-state index is -0.929. The zero-order chi connectivity index (χ0) is 24.6. The molecule has 1 unspecified atom stereocenters. The van der Waals surface area contributed by atoms with Crippen molar-refractivity contribution in [3.63, 3.8) is 0 Å². The van der Waals surface area contributed by atoms with Crippen LogP contribution in [0.4, 0.5) is 5.82 Å². The van der Waals surface area contributed by atoms with Gasteiger partial charge in [0.2, 0.25) is 0 Å². The Morgan fingerprint density at radius 1 is 1.11 bits per heavy atom. The van der Waals surface area contributed by atoms with Crippen LogP contribution >= 0.6 is 35.1 Å². The van der Waals surface area contributed by atoms with Crippen molar-refractivity contribution in [2.75, 3.05) is 38.1 Å². The molecule has 0 amide bonds. The number of hydrogen-bond donors (Lipinski definition) is 2. The summed E-state index contributed by atoms with van der Waals surface area (Å²) in [6.45, 7) is 7.84. The Kier molecular flexibility index (Phi) is 6.91. The normalized spacial score (nSPS) is 20.6. The maximum absolute atomic E-state index is 6.79. The summed E-state index contributed by atoms with van der Waals surface area (Å²) < 4.78 is 0. The average Bonchev–Trinajstić information content (AvgIpc) is 3.23. The molecule has 11 heteroatoms. The molecule has 3 N–H and O–H groups in total. The van der Waals surface area contributed by atoms with Crippen molar-refractivity contribution in [1.29, 1.82) is 0 Å². The highest BCUT2D eigenvalue weighted by Crippen LogP contribution is 2.44. The van der Waals surface area contributed by atoms with Gasteiger partial charge in [-0.1, -0.05) is 35.5 Å². The summed E-state index contributed by atoms with van der Waals surface area (Å²) in [4.78, 5) is 24.4. The standard InChI is InChI=1S/C24H27ClN8S2/c1-15-12-18(31-23(29-15)34-19-7-5-4-6-17(19)25)20-13-28-24(26,35-20)22-16(2)30-21(14-27-22)33-10-8-32(3)9-11-33/h4-7,12-14,28H,8-11,26H2,1-3H3. The molecular weight excluding hydrogens is 500 g/mol. The van der Waals surface area contributed by atoms with Crippen LogP contribution in [0.3, 0.4) is 0 Å². The summed E-state index contributed by atoms with van der Waals surface area (Å²) in [5.74, 6) is 0.895. The zero-order valence-electron chi connectivity index (χ0n) is 19.8. The third kappa shape index (κ3) is 5.26. The van der Waals surface area contributed by atoms with E-state index in [1.807, 2.05) is 56.6 Å². The first-order chi connectivity index (χ1) is 16.8. The molecule has 0 radical (unpaired) electrons. The topological polar surface area (TPSA) is 96.1 Å². The van der Waals surface area contributed by atoms with Crippen LogP contribution in [0, 0.1) is 13.8 Å². The Hall–Kier alpha value is -2.37. The number of halogens is 1. The molecule has 1 aromatic carbocycles. The molecule has 0 aliphatic carbocycles. The Morgan fingerprint density at radius 2 is 1.89 bits per heavy atom. The molecule has 1 fully saturated rings. The van der Waals surface area contributed by atoms with Gasteiger partial charge in [0.1, 0.15) is 11.5 Å². The monoisotopic (exact) mass is 526 g/mol. The molecule has 0 saturated carbocycles. The fourth-order valence-electron chi connectivity index (χ4n) is 4.01. The van der Waals surface area contributed by atoms with E-state index >= 15 is 0 Å². The van der Waals surface area contributed by atoms with Gasteiger partial charge in [0.25, 0.3) is 0 Å². The highest BCUT2D eigenvalue weighted by molar-refractivity contribution is 8.09. The summed E-state index contributed by atoms with van der Waals surface area (Å²) in [5, 5.41) is 4.62. The summed E-state index contributed by atoms with van der Waals surface area (Å²) >= 11 is 9.26. The van der Waals surface area contributed by atoms with Crippen LogP contribution in [0.1, 0.15) is 22.8 Å². The Morgan fingerprint density at radius 3 is 2.63 bits per heavy atom. The number of anilines is 1. The molecule has 0 bridgehead atoms. The van der Waals surface area contributed by atoms with Gasteiger partial charge in [0.05, 0.1) is 27.5 Å². The molecule has 5 rings (SSSR count). The molecular formula is C24H27ClN8S2. The largest absolute Gasteiger partial charge is 0.359 e. The summed E-state index contributed by atoms with van der Waals surface area (Å²) in [6, 6.07) is 9.63. The van der Waals surface area contributed by atoms with Crippen LogP contribution in [0.2, 0.25) is 5.02 Å². The molecule has 8 nitrogen and oxygen atoms in total. The molecule has 2 aliphatic rings. The molecule has 0 spiro atoms. The number of aryl methyl sites for hydroxylation is 2. The number of piperazine rings is 1. The van der Waals surface area contributed by atoms with Crippen LogP contribution in [-0.4, -0.2) is 58.1 Å². The van der Waals surface area contributed by atoms with Crippen molar-refractivity contribution in [3.8, 4) is 0 Å². The lowest BCUT2D eigenvalue weighted by Crippen LogP contribution is -2.46. The van der Waals surface area contributed by atoms with E-state index in [0.717, 1.165) is 58.9 Å². The molecule has 1 atom stereocenters. The second-order valence-corrected chi connectivity index (χ2v) is 11.4. The van der Waals surface area contributed by atoms with Crippen LogP contribution in [-0.2, 0) is 4.99 Å². The van der Waals surface area contributed by atoms with Gasteiger partial charge in [0.15, 0.2) is 10.2 Å². The van der Waals surface area contributed by atoms with Crippen molar-refractivity contribution in [2.24, 2.45) is 5.73 Å². The average molecular weight is 527 g/mol. The second kappa shape index (κ2) is 9.94. The lowest BCUT2D eigenvalue weighted by molar-refractivity contribution is 0.312. The van der Waals surface area contributed by atoms with Crippen molar-refractivity contribution < 1.29 is 0 Å². The maximum atomic E-state index is 6.79. The predicted molar refractivity (Wildman–Crippen MR) is 143 cm³/mol. The van der Waals surface area contributed by atoms with Gasteiger partial charge >= 0.3 is 0 Å². The van der Waals surface area contributed by atoms with E-state index in [0.29, 0.717) is 15.9 Å². The number of likely N-dealkylation sites (N-methyl/N-ethyl adjacent to an activating group) is 1. The first-order valence-electron chi connectivity index (χ1n) is 11.3. The highest BCUT2D eigenvalue weighted by atomic mass is 35.5. The number of aromatic nitrogens is 4. The summed E-state index contributed by atoms with van der Waals surface area (Å²) in [7, 11) is 2.14. The van der Waals surface area contributed by atoms with Gasteiger partial charge in [-0.2, -0.15) is 0 Å². The van der Waals surface area contributed by atoms with E-state index in [4.69, 9.17) is 32.3 Å². The molecule has 4 heterocycles. The van der Waals surface area contributed by atoms with Gasteiger partial charge in [-0.15, -0.1) is 0 Å². The van der Waals surface area contributed by atoms with Crippen molar-refractivity contribution in [2.45, 2.75) is 28.9 Å². The fraction of sp³-hybridized carbons (Fsp3) is 0.333. The molecule has 2 aromatic heterocycles. The molecule has 182 valence electrons. The van der Waals surface area contributed by atoms with Gasteiger partial charge in [-0.05, 0) is 50.9 Å². The number of thioether (sulfide) groups is 1. The SMILES string of the molecule is Cc1cc(C2=CNC(N)(c3ncc(N4CCN(C)CC4)nc3C)S2)nc(Sc2ccccc2Cl)n1. The summed E-state index contributed by atoms with van der Waals surface area (Å²) in [6.07, 6.45) is 3.72. The van der Waals surface area contributed by atoms with E-state index in [-0.39, 0.29) is 0 Å². The van der Waals surface area contributed by atoms with Crippen LogP contribution in [0.5, 0.6) is 0 Å². The fourth-order valence-corrected chi connectivity index (χ4v) is 6.19. The number of nitrogens with two attached hydrogens (primary N) is 1. The molecule has 1 saturated heterocycles. The van der Waals surface area contributed by atoms with Gasteiger partial charge < -0.3 is 15.1 Å². The van der Waals surface area contributed by atoms with E-state index in [9.17, 15) is 0 Å². The first kappa shape index (κ1) is 24.3. The van der Waals surface area contributed by atoms with Gasteiger partial charge in [-0.3, -0.25) is 10.7 Å². The predicted octanol–water partition coefficient (Wildman–Crippen LogP) is 3.84. The van der Waals surface area contributed by atoms with Crippen molar-refractivity contribution >= 4 is 45.8 Å². The number of benzene rings is 1. The number of nitrogens with zero attached hydrogens (tertiary/aromatic N) is 6. The van der Waals surface area contributed by atoms with Crippen molar-refractivity contribution in [1.82, 2.24) is 30.2 Å².